The number of nitrogens with zero attached hydrogens (tertiary/aromatic N) is 1. The summed E-state index contributed by atoms with van der Waals surface area (Å²) in [7, 11) is 1.22. The molecule has 0 spiro atoms. The van der Waals surface area contributed by atoms with Gasteiger partial charge in [0.25, 0.3) is 0 Å². The number of ether oxygens (including phenoxy) is 2. The quantitative estimate of drug-likeness (QED) is 0.357. The van der Waals surface area contributed by atoms with Crippen LogP contribution in [0.5, 0.6) is 0 Å². The van der Waals surface area contributed by atoms with Crippen molar-refractivity contribution in [2.45, 2.75) is 11.8 Å². The molecule has 5 nitrogen and oxygen atoms in total. The van der Waals surface area contributed by atoms with E-state index >= 15 is 0 Å². The highest BCUT2D eigenvalue weighted by atomic mass is 35.5. The van der Waals surface area contributed by atoms with Crippen molar-refractivity contribution in [2.75, 3.05) is 13.7 Å². The van der Waals surface area contributed by atoms with Gasteiger partial charge in [0, 0.05) is 12.6 Å². The number of esters is 2. The van der Waals surface area contributed by atoms with Crippen LogP contribution in [0.4, 0.5) is 0 Å². The Bertz CT molecular complexity index is 530. The number of carbonyl (C=O) groups excluding carboxylic acids is 2. The van der Waals surface area contributed by atoms with Crippen molar-refractivity contribution < 1.29 is 19.1 Å². The fourth-order valence-electron chi connectivity index (χ4n) is 2.08. The highest BCUT2D eigenvalue weighted by Gasteiger charge is 2.53. The van der Waals surface area contributed by atoms with Crippen LogP contribution in [0.2, 0.25) is 5.15 Å². The van der Waals surface area contributed by atoms with E-state index in [9.17, 15) is 9.59 Å². The monoisotopic (exact) mass is 281 g/mol. The summed E-state index contributed by atoms with van der Waals surface area (Å²) in [5, 5.41) is 0.270. The van der Waals surface area contributed by atoms with Crippen molar-refractivity contribution in [1.29, 1.82) is 0 Å². The van der Waals surface area contributed by atoms with Gasteiger partial charge in [0.15, 0.2) is 5.41 Å². The number of carbonyl (C=O) groups is 2. The molecule has 1 aliphatic rings. The third-order valence-electron chi connectivity index (χ3n) is 3.03. The molecule has 0 radical (unpaired) electrons. The Labute approximate surface area is 115 Å². The second-order valence-electron chi connectivity index (χ2n) is 4.27. The first-order valence-corrected chi connectivity index (χ1v) is 5.93. The summed E-state index contributed by atoms with van der Waals surface area (Å²) in [6, 6.07) is 3.07. The molecule has 0 bridgehead atoms. The van der Waals surface area contributed by atoms with Gasteiger partial charge < -0.3 is 9.47 Å². The molecule has 0 saturated carbocycles. The Morgan fingerprint density at radius 2 is 2.32 bits per heavy atom. The summed E-state index contributed by atoms with van der Waals surface area (Å²) >= 11 is 5.71. The Balaban J connectivity index is 2.56. The Morgan fingerprint density at radius 1 is 1.58 bits per heavy atom. The number of pyridine rings is 1. The van der Waals surface area contributed by atoms with Crippen molar-refractivity contribution in [3.8, 4) is 0 Å². The molecule has 0 aromatic carbocycles. The fraction of sp³-hybridized carbons (Fsp3) is 0.308. The van der Waals surface area contributed by atoms with Crippen LogP contribution in [0.1, 0.15) is 12.0 Å². The van der Waals surface area contributed by atoms with Crippen LogP contribution in [-0.4, -0.2) is 30.6 Å². The number of aromatic nitrogens is 1. The molecule has 0 N–H and O–H groups in total. The van der Waals surface area contributed by atoms with E-state index < -0.39 is 17.4 Å². The summed E-state index contributed by atoms with van der Waals surface area (Å²) in [5.74, 6) is -1.35. The minimum absolute atomic E-state index is 0.110. The van der Waals surface area contributed by atoms with E-state index in [1.807, 2.05) is 0 Å². The minimum atomic E-state index is -1.54. The predicted octanol–water partition coefficient (Wildman–Crippen LogP) is 1.65. The summed E-state index contributed by atoms with van der Waals surface area (Å²) in [5.41, 5.74) is -0.517. The van der Waals surface area contributed by atoms with Crippen LogP contribution in [0, 0.1) is 0 Å². The normalized spacial score (nSPS) is 22.8. The number of rotatable bonds is 2. The average molecular weight is 282 g/mol. The lowest BCUT2D eigenvalue weighted by Gasteiger charge is -2.33. The molecule has 1 aliphatic heterocycles. The average Bonchev–Trinajstić information content (AvgIpc) is 2.41. The number of hydrogen-bond donors (Lipinski definition) is 0. The van der Waals surface area contributed by atoms with Crippen molar-refractivity contribution in [3.63, 3.8) is 0 Å². The molecule has 0 amide bonds. The number of methoxy groups -OCH3 is 1. The van der Waals surface area contributed by atoms with Crippen molar-refractivity contribution in [2.24, 2.45) is 0 Å². The Morgan fingerprint density at radius 3 is 2.89 bits per heavy atom. The van der Waals surface area contributed by atoms with E-state index in [2.05, 4.69) is 11.6 Å². The van der Waals surface area contributed by atoms with E-state index in [1.165, 1.54) is 19.4 Å². The van der Waals surface area contributed by atoms with Crippen LogP contribution < -0.4 is 0 Å². The zero-order chi connectivity index (χ0) is 14.0. The standard InChI is InChI=1S/C13H12ClNO4/c1-8-5-13(11(16)18-2,12(17)19-7-8)9-3-4-10(14)15-6-9/h3-4,6H,1,5,7H2,2H3. The summed E-state index contributed by atoms with van der Waals surface area (Å²) in [6.07, 6.45) is 1.51. The van der Waals surface area contributed by atoms with Crippen molar-refractivity contribution in [1.82, 2.24) is 4.98 Å². The highest BCUT2D eigenvalue weighted by Crippen LogP contribution is 2.37. The molecule has 1 unspecified atom stereocenters. The number of halogens is 1. The lowest BCUT2D eigenvalue weighted by Crippen LogP contribution is -2.49. The summed E-state index contributed by atoms with van der Waals surface area (Å²) < 4.78 is 9.77. The summed E-state index contributed by atoms with van der Waals surface area (Å²) in [4.78, 5) is 28.1. The molecule has 19 heavy (non-hydrogen) atoms. The Hall–Kier alpha value is -1.88. The second kappa shape index (κ2) is 5.01. The maximum atomic E-state index is 12.1. The second-order valence-corrected chi connectivity index (χ2v) is 4.66. The van der Waals surface area contributed by atoms with Crippen LogP contribution in [-0.2, 0) is 24.5 Å². The molecule has 2 rings (SSSR count). The molecular formula is C13H12ClNO4. The van der Waals surface area contributed by atoms with Gasteiger partial charge >= 0.3 is 11.9 Å². The number of hydrogen-bond acceptors (Lipinski definition) is 5. The van der Waals surface area contributed by atoms with Gasteiger partial charge in [0.2, 0.25) is 0 Å². The first kappa shape index (κ1) is 13.5. The van der Waals surface area contributed by atoms with E-state index in [-0.39, 0.29) is 18.2 Å². The molecular weight excluding hydrogens is 270 g/mol. The third-order valence-corrected chi connectivity index (χ3v) is 3.25. The van der Waals surface area contributed by atoms with Crippen molar-refractivity contribution >= 4 is 23.5 Å². The maximum absolute atomic E-state index is 12.1. The van der Waals surface area contributed by atoms with E-state index in [4.69, 9.17) is 21.1 Å². The van der Waals surface area contributed by atoms with E-state index in [0.29, 0.717) is 11.1 Å². The zero-order valence-corrected chi connectivity index (χ0v) is 11.1. The topological polar surface area (TPSA) is 65.5 Å². The molecule has 6 heteroatoms. The van der Waals surface area contributed by atoms with Gasteiger partial charge in [-0.2, -0.15) is 0 Å². The van der Waals surface area contributed by atoms with Crippen LogP contribution >= 0.6 is 11.6 Å². The largest absolute Gasteiger partial charge is 0.468 e. The van der Waals surface area contributed by atoms with Crippen LogP contribution in [0.25, 0.3) is 0 Å². The van der Waals surface area contributed by atoms with E-state index in [1.54, 1.807) is 6.07 Å². The van der Waals surface area contributed by atoms with Gasteiger partial charge in [-0.15, -0.1) is 0 Å². The van der Waals surface area contributed by atoms with Gasteiger partial charge in [-0.1, -0.05) is 24.2 Å². The molecule has 1 aromatic heterocycles. The van der Waals surface area contributed by atoms with Gasteiger partial charge in [-0.25, -0.2) is 4.98 Å². The molecule has 1 aromatic rings. The first-order valence-electron chi connectivity index (χ1n) is 5.55. The lowest BCUT2D eigenvalue weighted by molar-refractivity contribution is -0.165. The smallest absolute Gasteiger partial charge is 0.328 e. The first-order chi connectivity index (χ1) is 9.00. The lowest BCUT2D eigenvalue weighted by atomic mass is 9.75. The fourth-order valence-corrected chi connectivity index (χ4v) is 2.20. The van der Waals surface area contributed by atoms with Gasteiger partial charge in [0.05, 0.1) is 7.11 Å². The molecule has 1 fully saturated rings. The van der Waals surface area contributed by atoms with Gasteiger partial charge in [-0.05, 0) is 17.2 Å². The maximum Gasteiger partial charge on any atom is 0.328 e. The van der Waals surface area contributed by atoms with Gasteiger partial charge in [-0.3, -0.25) is 9.59 Å². The summed E-state index contributed by atoms with van der Waals surface area (Å²) in [6.45, 7) is 3.88. The Kier molecular flexibility index (Phi) is 3.57. The molecule has 1 atom stereocenters. The molecule has 2 heterocycles. The highest BCUT2D eigenvalue weighted by molar-refractivity contribution is 6.29. The SMILES string of the molecule is C=C1COC(=O)C(C(=O)OC)(c2ccc(Cl)nc2)C1. The predicted molar refractivity (Wildman–Crippen MR) is 67.7 cm³/mol. The van der Waals surface area contributed by atoms with Gasteiger partial charge in [0.1, 0.15) is 11.8 Å². The van der Waals surface area contributed by atoms with E-state index in [0.717, 1.165) is 0 Å². The van der Waals surface area contributed by atoms with Crippen LogP contribution in [0.3, 0.4) is 0 Å². The molecule has 100 valence electrons. The molecule has 1 saturated heterocycles. The molecule has 0 aliphatic carbocycles. The zero-order valence-electron chi connectivity index (χ0n) is 10.3. The van der Waals surface area contributed by atoms with Crippen LogP contribution in [0.15, 0.2) is 30.5 Å². The number of cyclic esters (lactones) is 1. The third kappa shape index (κ3) is 2.21. The van der Waals surface area contributed by atoms with Crippen molar-refractivity contribution in [3.05, 3.63) is 41.2 Å². The minimum Gasteiger partial charge on any atom is -0.468 e.